The van der Waals surface area contributed by atoms with E-state index in [1.165, 1.54) is 24.3 Å². The molecule has 2 unspecified atom stereocenters. The summed E-state index contributed by atoms with van der Waals surface area (Å²) in [4.78, 5) is 24.7. The third-order valence-electron chi connectivity index (χ3n) is 3.29. The molecule has 1 saturated heterocycles. The van der Waals surface area contributed by atoms with Crippen LogP contribution in [0.2, 0.25) is 0 Å². The predicted molar refractivity (Wildman–Crippen MR) is 70.3 cm³/mol. The van der Waals surface area contributed by atoms with Crippen molar-refractivity contribution in [1.82, 2.24) is 10.2 Å². The Morgan fingerprint density at radius 1 is 1.35 bits per heavy atom. The standard InChI is InChI=1S/C14H17FN2O3/c1-2-3-11-13(19)17(14(20)16-11)8-12(18)9-4-6-10(15)7-5-9/h4-7,11-12,18H,2-3,8H2,1H3,(H,16,20). The van der Waals surface area contributed by atoms with Crippen LogP contribution in [0, 0.1) is 5.82 Å². The lowest BCUT2D eigenvalue weighted by Gasteiger charge is -2.18. The van der Waals surface area contributed by atoms with E-state index >= 15 is 0 Å². The number of nitrogens with zero attached hydrogens (tertiary/aromatic N) is 1. The van der Waals surface area contributed by atoms with Crippen molar-refractivity contribution in [3.05, 3.63) is 35.6 Å². The molecule has 2 atom stereocenters. The first kappa shape index (κ1) is 14.5. The minimum absolute atomic E-state index is 0.128. The third kappa shape index (κ3) is 2.96. The van der Waals surface area contributed by atoms with Crippen LogP contribution >= 0.6 is 0 Å². The molecule has 0 spiro atoms. The van der Waals surface area contributed by atoms with Crippen molar-refractivity contribution in [2.45, 2.75) is 31.9 Å². The number of aliphatic hydroxyl groups is 1. The first-order valence-electron chi connectivity index (χ1n) is 6.58. The number of nitrogens with one attached hydrogen (secondary N) is 1. The Labute approximate surface area is 116 Å². The van der Waals surface area contributed by atoms with Gasteiger partial charge in [0.15, 0.2) is 0 Å². The zero-order valence-electron chi connectivity index (χ0n) is 11.2. The van der Waals surface area contributed by atoms with Crippen molar-refractivity contribution in [1.29, 1.82) is 0 Å². The van der Waals surface area contributed by atoms with Crippen molar-refractivity contribution >= 4 is 11.9 Å². The summed E-state index contributed by atoms with van der Waals surface area (Å²) >= 11 is 0. The molecule has 0 bridgehead atoms. The summed E-state index contributed by atoms with van der Waals surface area (Å²) in [6, 6.07) is 4.32. The topological polar surface area (TPSA) is 69.6 Å². The Morgan fingerprint density at radius 2 is 2.00 bits per heavy atom. The molecule has 0 aromatic heterocycles. The van der Waals surface area contributed by atoms with E-state index in [1.54, 1.807) is 0 Å². The van der Waals surface area contributed by atoms with Gasteiger partial charge >= 0.3 is 6.03 Å². The summed E-state index contributed by atoms with van der Waals surface area (Å²) in [6.07, 6.45) is 0.337. The van der Waals surface area contributed by atoms with Gasteiger partial charge in [-0.25, -0.2) is 9.18 Å². The van der Waals surface area contributed by atoms with E-state index in [0.717, 1.165) is 11.3 Å². The molecule has 1 aliphatic rings. The first-order chi connectivity index (χ1) is 9.52. The number of benzene rings is 1. The second kappa shape index (κ2) is 6.00. The fourth-order valence-corrected chi connectivity index (χ4v) is 2.20. The van der Waals surface area contributed by atoms with Gasteiger partial charge in [0.25, 0.3) is 5.91 Å². The zero-order valence-corrected chi connectivity index (χ0v) is 11.2. The highest BCUT2D eigenvalue weighted by atomic mass is 19.1. The number of halogens is 1. The monoisotopic (exact) mass is 280 g/mol. The van der Waals surface area contributed by atoms with Crippen LogP contribution in [0.3, 0.4) is 0 Å². The fourth-order valence-electron chi connectivity index (χ4n) is 2.20. The Morgan fingerprint density at radius 3 is 2.60 bits per heavy atom. The minimum Gasteiger partial charge on any atom is -0.387 e. The summed E-state index contributed by atoms with van der Waals surface area (Å²) in [5.74, 6) is -0.725. The van der Waals surface area contributed by atoms with Gasteiger partial charge in [0.2, 0.25) is 0 Å². The second-order valence-electron chi connectivity index (χ2n) is 4.81. The highest BCUT2D eigenvalue weighted by Crippen LogP contribution is 2.18. The highest BCUT2D eigenvalue weighted by molar-refractivity contribution is 6.04. The van der Waals surface area contributed by atoms with Crippen LogP contribution in [0.4, 0.5) is 9.18 Å². The predicted octanol–water partition coefficient (Wildman–Crippen LogP) is 1.58. The van der Waals surface area contributed by atoms with Crippen molar-refractivity contribution in [3.63, 3.8) is 0 Å². The zero-order chi connectivity index (χ0) is 14.7. The average molecular weight is 280 g/mol. The summed E-state index contributed by atoms with van der Waals surface area (Å²) in [6.45, 7) is 1.80. The number of rotatable bonds is 5. The largest absolute Gasteiger partial charge is 0.387 e. The molecule has 2 N–H and O–H groups in total. The van der Waals surface area contributed by atoms with E-state index in [1.807, 2.05) is 6.92 Å². The number of aliphatic hydroxyl groups excluding tert-OH is 1. The molecule has 6 heteroatoms. The Hall–Kier alpha value is -1.95. The quantitative estimate of drug-likeness (QED) is 0.805. The van der Waals surface area contributed by atoms with Gasteiger partial charge in [-0.2, -0.15) is 0 Å². The maximum absolute atomic E-state index is 12.8. The maximum atomic E-state index is 12.8. The number of β-amino-alcohol motifs (C(OH)–C–C–N with tert-alkyl or cyclic N) is 1. The molecule has 1 aliphatic heterocycles. The lowest BCUT2D eigenvalue weighted by atomic mass is 10.1. The maximum Gasteiger partial charge on any atom is 0.324 e. The van der Waals surface area contributed by atoms with Gasteiger partial charge in [0, 0.05) is 0 Å². The van der Waals surface area contributed by atoms with E-state index in [0.29, 0.717) is 12.0 Å². The number of hydrogen-bond acceptors (Lipinski definition) is 3. The first-order valence-corrected chi connectivity index (χ1v) is 6.58. The Bertz CT molecular complexity index is 504. The van der Waals surface area contributed by atoms with E-state index in [9.17, 15) is 19.1 Å². The lowest BCUT2D eigenvalue weighted by molar-refractivity contribution is -0.128. The van der Waals surface area contributed by atoms with Crippen LogP contribution in [0.1, 0.15) is 31.4 Å². The summed E-state index contributed by atoms with van der Waals surface area (Å²) in [7, 11) is 0. The molecule has 1 heterocycles. The van der Waals surface area contributed by atoms with Gasteiger partial charge in [-0.1, -0.05) is 25.5 Å². The molecule has 1 aromatic carbocycles. The molecule has 2 rings (SSSR count). The second-order valence-corrected chi connectivity index (χ2v) is 4.81. The van der Waals surface area contributed by atoms with Gasteiger partial charge < -0.3 is 10.4 Å². The van der Waals surface area contributed by atoms with Crippen molar-refractivity contribution in [3.8, 4) is 0 Å². The number of amides is 3. The van der Waals surface area contributed by atoms with Crippen LogP contribution in [0.15, 0.2) is 24.3 Å². The minimum atomic E-state index is -1.02. The van der Waals surface area contributed by atoms with Crippen LogP contribution in [-0.2, 0) is 4.79 Å². The van der Waals surface area contributed by atoms with Gasteiger partial charge in [0.05, 0.1) is 12.6 Å². The van der Waals surface area contributed by atoms with Gasteiger partial charge in [-0.05, 0) is 24.1 Å². The Balaban J connectivity index is 2.04. The third-order valence-corrected chi connectivity index (χ3v) is 3.29. The van der Waals surface area contributed by atoms with Gasteiger partial charge in [-0.3, -0.25) is 9.69 Å². The number of carbonyl (C=O) groups excluding carboxylic acids is 2. The van der Waals surface area contributed by atoms with E-state index < -0.39 is 24.0 Å². The SMILES string of the molecule is CCCC1NC(=O)N(CC(O)c2ccc(F)cc2)C1=O. The molecule has 0 aliphatic carbocycles. The number of imide groups is 1. The fraction of sp³-hybridized carbons (Fsp3) is 0.429. The van der Waals surface area contributed by atoms with E-state index in [-0.39, 0.29) is 12.5 Å². The van der Waals surface area contributed by atoms with Crippen molar-refractivity contribution in [2.24, 2.45) is 0 Å². The summed E-state index contributed by atoms with van der Waals surface area (Å²) in [5, 5.41) is 12.6. The van der Waals surface area contributed by atoms with Crippen molar-refractivity contribution in [2.75, 3.05) is 6.54 Å². The number of urea groups is 1. The molecule has 0 saturated carbocycles. The summed E-state index contributed by atoms with van der Waals surface area (Å²) in [5.41, 5.74) is 0.464. The van der Waals surface area contributed by atoms with Crippen LogP contribution in [0.5, 0.6) is 0 Å². The normalized spacial score (nSPS) is 20.1. The molecule has 3 amide bonds. The smallest absolute Gasteiger partial charge is 0.324 e. The molecular weight excluding hydrogens is 263 g/mol. The van der Waals surface area contributed by atoms with Crippen LogP contribution in [-0.4, -0.2) is 34.5 Å². The van der Waals surface area contributed by atoms with Gasteiger partial charge in [-0.15, -0.1) is 0 Å². The Kier molecular flexibility index (Phi) is 4.34. The average Bonchev–Trinajstić information content (AvgIpc) is 2.68. The molecular formula is C14H17FN2O3. The van der Waals surface area contributed by atoms with E-state index in [4.69, 9.17) is 0 Å². The van der Waals surface area contributed by atoms with Gasteiger partial charge in [0.1, 0.15) is 11.9 Å². The van der Waals surface area contributed by atoms with Crippen LogP contribution in [0.25, 0.3) is 0 Å². The van der Waals surface area contributed by atoms with Crippen molar-refractivity contribution < 1.29 is 19.1 Å². The molecule has 0 radical (unpaired) electrons. The highest BCUT2D eigenvalue weighted by Gasteiger charge is 2.38. The lowest BCUT2D eigenvalue weighted by Crippen LogP contribution is -2.35. The van der Waals surface area contributed by atoms with E-state index in [2.05, 4.69) is 5.32 Å². The number of carbonyl (C=O) groups is 2. The number of hydrogen-bond donors (Lipinski definition) is 2. The molecule has 108 valence electrons. The molecule has 20 heavy (non-hydrogen) atoms. The molecule has 1 fully saturated rings. The molecule has 1 aromatic rings. The molecule has 5 nitrogen and oxygen atoms in total. The van der Waals surface area contributed by atoms with Crippen LogP contribution < -0.4 is 5.32 Å². The summed E-state index contributed by atoms with van der Waals surface area (Å²) < 4.78 is 12.8.